The van der Waals surface area contributed by atoms with Crippen LogP contribution in [0.25, 0.3) is 11.3 Å². The Morgan fingerprint density at radius 3 is 2.41 bits per heavy atom. The molecule has 0 spiro atoms. The molecule has 3 rings (SSSR count). The monoisotopic (exact) mass is 362 g/mol. The van der Waals surface area contributed by atoms with Crippen LogP contribution in [0.4, 0.5) is 11.4 Å². The highest BCUT2D eigenvalue weighted by Crippen LogP contribution is 2.16. The fraction of sp³-hybridized carbons (Fsp3) is 0.100. The molecule has 7 nitrogen and oxygen atoms in total. The average Bonchev–Trinajstić information content (AvgIpc) is 2.64. The minimum atomic E-state index is -0.364. The quantitative estimate of drug-likeness (QED) is 0.729. The SMILES string of the molecule is CC(=O)Nc1cccc(NC(=O)Cn2cc(-c3ccccc3)ncc2=O)c1. The zero-order valence-electron chi connectivity index (χ0n) is 14.7. The molecular weight excluding hydrogens is 344 g/mol. The summed E-state index contributed by atoms with van der Waals surface area (Å²) in [7, 11) is 0. The zero-order chi connectivity index (χ0) is 19.2. The molecule has 0 atom stereocenters. The van der Waals surface area contributed by atoms with Gasteiger partial charge < -0.3 is 15.2 Å². The van der Waals surface area contributed by atoms with Gasteiger partial charge in [0.15, 0.2) is 0 Å². The third-order valence-electron chi connectivity index (χ3n) is 3.73. The standard InChI is InChI=1S/C20H18N4O3/c1-14(25)22-16-8-5-9-17(10-16)23-19(26)13-24-12-18(21-11-20(24)27)15-6-3-2-4-7-15/h2-12H,13H2,1H3,(H,22,25)(H,23,26). The first-order chi connectivity index (χ1) is 13.0. The summed E-state index contributed by atoms with van der Waals surface area (Å²) in [6, 6.07) is 16.2. The highest BCUT2D eigenvalue weighted by molar-refractivity contribution is 5.93. The van der Waals surface area contributed by atoms with Gasteiger partial charge in [0.25, 0.3) is 5.56 Å². The molecular formula is C20H18N4O3. The van der Waals surface area contributed by atoms with Gasteiger partial charge in [-0.1, -0.05) is 36.4 Å². The van der Waals surface area contributed by atoms with Gasteiger partial charge in [0.2, 0.25) is 11.8 Å². The van der Waals surface area contributed by atoms with E-state index >= 15 is 0 Å². The number of carbonyl (C=O) groups excluding carboxylic acids is 2. The van der Waals surface area contributed by atoms with Crippen LogP contribution in [0.1, 0.15) is 6.92 Å². The van der Waals surface area contributed by atoms with Crippen molar-refractivity contribution in [2.24, 2.45) is 0 Å². The van der Waals surface area contributed by atoms with Gasteiger partial charge in [-0.15, -0.1) is 0 Å². The van der Waals surface area contributed by atoms with E-state index in [0.717, 1.165) is 5.56 Å². The van der Waals surface area contributed by atoms with Crippen LogP contribution in [0.3, 0.4) is 0 Å². The summed E-state index contributed by atoms with van der Waals surface area (Å²) in [5, 5.41) is 5.37. The third-order valence-corrected chi connectivity index (χ3v) is 3.73. The Hall–Kier alpha value is -3.74. The predicted octanol–water partition coefficient (Wildman–Crippen LogP) is 2.51. The molecule has 136 valence electrons. The number of anilines is 2. The molecule has 3 aromatic rings. The second-order valence-electron chi connectivity index (χ2n) is 5.91. The molecule has 0 unspecified atom stereocenters. The number of benzene rings is 2. The van der Waals surface area contributed by atoms with Crippen LogP contribution in [0.5, 0.6) is 0 Å². The first-order valence-electron chi connectivity index (χ1n) is 8.31. The van der Waals surface area contributed by atoms with Crippen molar-refractivity contribution in [2.45, 2.75) is 13.5 Å². The number of aromatic nitrogens is 2. The van der Waals surface area contributed by atoms with E-state index in [1.807, 2.05) is 30.3 Å². The van der Waals surface area contributed by atoms with Crippen LogP contribution in [0, 0.1) is 0 Å². The predicted molar refractivity (Wildman–Crippen MR) is 103 cm³/mol. The maximum atomic E-state index is 12.3. The molecule has 0 saturated carbocycles. The van der Waals surface area contributed by atoms with Crippen molar-refractivity contribution in [3.8, 4) is 11.3 Å². The van der Waals surface area contributed by atoms with E-state index in [1.54, 1.807) is 30.5 Å². The van der Waals surface area contributed by atoms with E-state index in [9.17, 15) is 14.4 Å². The summed E-state index contributed by atoms with van der Waals surface area (Å²) in [6.07, 6.45) is 2.76. The topological polar surface area (TPSA) is 93.1 Å². The lowest BCUT2D eigenvalue weighted by atomic mass is 10.2. The van der Waals surface area contributed by atoms with E-state index in [-0.39, 0.29) is 23.9 Å². The fourth-order valence-corrected chi connectivity index (χ4v) is 2.56. The summed E-state index contributed by atoms with van der Waals surface area (Å²) < 4.78 is 1.31. The second kappa shape index (κ2) is 8.09. The van der Waals surface area contributed by atoms with Gasteiger partial charge in [0.05, 0.1) is 11.9 Å². The molecule has 0 saturated heterocycles. The normalized spacial score (nSPS) is 10.3. The number of nitrogens with zero attached hydrogens (tertiary/aromatic N) is 2. The average molecular weight is 362 g/mol. The minimum Gasteiger partial charge on any atom is -0.326 e. The molecule has 27 heavy (non-hydrogen) atoms. The van der Waals surface area contributed by atoms with Crippen molar-refractivity contribution >= 4 is 23.2 Å². The Morgan fingerprint density at radius 1 is 1.00 bits per heavy atom. The van der Waals surface area contributed by atoms with Gasteiger partial charge >= 0.3 is 0 Å². The molecule has 1 heterocycles. The maximum absolute atomic E-state index is 12.3. The number of nitrogens with one attached hydrogen (secondary N) is 2. The molecule has 0 aliphatic rings. The molecule has 2 aromatic carbocycles. The highest BCUT2D eigenvalue weighted by Gasteiger charge is 2.08. The van der Waals surface area contributed by atoms with E-state index in [4.69, 9.17) is 0 Å². The molecule has 0 bridgehead atoms. The van der Waals surface area contributed by atoms with Crippen LogP contribution in [0.2, 0.25) is 0 Å². The van der Waals surface area contributed by atoms with Crippen molar-refractivity contribution < 1.29 is 9.59 Å². The van der Waals surface area contributed by atoms with E-state index in [1.165, 1.54) is 17.7 Å². The summed E-state index contributed by atoms with van der Waals surface area (Å²) >= 11 is 0. The molecule has 7 heteroatoms. The Labute approximate surface area is 155 Å². The summed E-state index contributed by atoms with van der Waals surface area (Å²) in [5.74, 6) is -0.558. The van der Waals surface area contributed by atoms with Gasteiger partial charge in [-0.3, -0.25) is 14.4 Å². The largest absolute Gasteiger partial charge is 0.326 e. The van der Waals surface area contributed by atoms with Crippen molar-refractivity contribution in [3.05, 3.63) is 77.3 Å². The first kappa shape index (κ1) is 18.1. The van der Waals surface area contributed by atoms with Gasteiger partial charge in [0.1, 0.15) is 6.54 Å². The summed E-state index contributed by atoms with van der Waals surface area (Å²) in [6.45, 7) is 1.26. The van der Waals surface area contributed by atoms with Crippen LogP contribution >= 0.6 is 0 Å². The lowest BCUT2D eigenvalue weighted by Gasteiger charge is -2.10. The van der Waals surface area contributed by atoms with Crippen molar-refractivity contribution in [3.63, 3.8) is 0 Å². The zero-order valence-corrected chi connectivity index (χ0v) is 14.7. The van der Waals surface area contributed by atoms with E-state index in [0.29, 0.717) is 17.1 Å². The lowest BCUT2D eigenvalue weighted by Crippen LogP contribution is -2.27. The molecule has 0 aliphatic heterocycles. The van der Waals surface area contributed by atoms with Crippen LogP contribution in [-0.2, 0) is 16.1 Å². The summed E-state index contributed by atoms with van der Waals surface area (Å²) in [4.78, 5) is 39.6. The van der Waals surface area contributed by atoms with E-state index in [2.05, 4.69) is 15.6 Å². The number of carbonyl (C=O) groups is 2. The fourth-order valence-electron chi connectivity index (χ4n) is 2.56. The molecule has 0 radical (unpaired) electrons. The first-order valence-corrected chi connectivity index (χ1v) is 8.31. The number of rotatable bonds is 5. The van der Waals surface area contributed by atoms with Crippen LogP contribution < -0.4 is 16.2 Å². The number of hydrogen-bond donors (Lipinski definition) is 2. The molecule has 1 aromatic heterocycles. The van der Waals surface area contributed by atoms with Gasteiger partial charge in [-0.05, 0) is 18.2 Å². The van der Waals surface area contributed by atoms with Crippen molar-refractivity contribution in [1.29, 1.82) is 0 Å². The Kier molecular flexibility index (Phi) is 5.41. The summed E-state index contributed by atoms with van der Waals surface area (Å²) in [5.41, 5.74) is 2.20. The van der Waals surface area contributed by atoms with Gasteiger partial charge in [-0.25, -0.2) is 4.98 Å². The number of hydrogen-bond acceptors (Lipinski definition) is 4. The second-order valence-corrected chi connectivity index (χ2v) is 5.91. The third kappa shape index (κ3) is 4.88. The van der Waals surface area contributed by atoms with Gasteiger partial charge in [0, 0.05) is 30.1 Å². The van der Waals surface area contributed by atoms with Crippen molar-refractivity contribution in [2.75, 3.05) is 10.6 Å². The number of amides is 2. The smallest absolute Gasteiger partial charge is 0.269 e. The Balaban J connectivity index is 1.74. The highest BCUT2D eigenvalue weighted by atomic mass is 16.2. The van der Waals surface area contributed by atoms with E-state index < -0.39 is 0 Å². The van der Waals surface area contributed by atoms with Crippen molar-refractivity contribution in [1.82, 2.24) is 9.55 Å². The Bertz CT molecular complexity index is 1030. The molecule has 2 N–H and O–H groups in total. The van der Waals surface area contributed by atoms with Crippen LogP contribution in [0.15, 0.2) is 71.8 Å². The maximum Gasteiger partial charge on any atom is 0.269 e. The Morgan fingerprint density at radius 2 is 1.70 bits per heavy atom. The van der Waals surface area contributed by atoms with Gasteiger partial charge in [-0.2, -0.15) is 0 Å². The molecule has 0 aliphatic carbocycles. The molecule has 2 amide bonds. The lowest BCUT2D eigenvalue weighted by molar-refractivity contribution is -0.117. The molecule has 0 fully saturated rings. The minimum absolute atomic E-state index is 0.147. The van der Waals surface area contributed by atoms with Crippen LogP contribution in [-0.4, -0.2) is 21.4 Å².